The number of rotatable bonds is 8. The summed E-state index contributed by atoms with van der Waals surface area (Å²) >= 11 is 5.43. The summed E-state index contributed by atoms with van der Waals surface area (Å²) in [7, 11) is 3.11. The number of hydrogen-bond donors (Lipinski definition) is 1. The van der Waals surface area contributed by atoms with E-state index in [0.717, 1.165) is 0 Å². The van der Waals surface area contributed by atoms with Gasteiger partial charge >= 0.3 is 6.03 Å². The van der Waals surface area contributed by atoms with E-state index in [9.17, 15) is 9.59 Å². The highest BCUT2D eigenvalue weighted by molar-refractivity contribution is 6.19. The molecule has 0 aromatic heterocycles. The van der Waals surface area contributed by atoms with Crippen LogP contribution in [0.5, 0.6) is 0 Å². The van der Waals surface area contributed by atoms with E-state index in [4.69, 9.17) is 21.1 Å². The maximum Gasteiger partial charge on any atom is 0.324 e. The van der Waals surface area contributed by atoms with E-state index in [1.807, 2.05) is 6.92 Å². The zero-order valence-electron chi connectivity index (χ0n) is 11.1. The summed E-state index contributed by atoms with van der Waals surface area (Å²) in [6.45, 7) is 3.01. The molecule has 0 fully saturated rings. The molecule has 1 N–H and O–H groups in total. The van der Waals surface area contributed by atoms with Crippen LogP contribution in [0.4, 0.5) is 4.79 Å². The van der Waals surface area contributed by atoms with Gasteiger partial charge in [0.25, 0.3) is 0 Å². The predicted molar refractivity (Wildman–Crippen MR) is 68.8 cm³/mol. The normalized spacial score (nSPS) is 12.0. The number of amides is 3. The minimum Gasteiger partial charge on any atom is -0.383 e. The van der Waals surface area contributed by atoms with Crippen molar-refractivity contribution in [3.63, 3.8) is 0 Å². The number of imide groups is 1. The predicted octanol–water partition coefficient (Wildman–Crippen LogP) is 0.835. The van der Waals surface area contributed by atoms with Crippen LogP contribution in [0.25, 0.3) is 0 Å². The van der Waals surface area contributed by atoms with E-state index >= 15 is 0 Å². The molecule has 6 nitrogen and oxygen atoms in total. The molecule has 1 unspecified atom stereocenters. The average Bonchev–Trinajstić information content (AvgIpc) is 2.30. The highest BCUT2D eigenvalue weighted by atomic mass is 35.5. The second-order valence-corrected chi connectivity index (χ2v) is 4.16. The molecule has 7 heteroatoms. The quantitative estimate of drug-likeness (QED) is 0.669. The Morgan fingerprint density at radius 3 is 2.50 bits per heavy atom. The Labute approximate surface area is 113 Å². The van der Waals surface area contributed by atoms with Gasteiger partial charge in [0.15, 0.2) is 0 Å². The average molecular weight is 281 g/mol. The molecule has 0 aromatic carbocycles. The fourth-order valence-corrected chi connectivity index (χ4v) is 1.55. The first-order valence-electron chi connectivity index (χ1n) is 5.71. The van der Waals surface area contributed by atoms with E-state index in [1.54, 1.807) is 14.2 Å². The van der Waals surface area contributed by atoms with Crippen molar-refractivity contribution >= 4 is 23.5 Å². The summed E-state index contributed by atoms with van der Waals surface area (Å²) < 4.78 is 9.93. The third-order valence-electron chi connectivity index (χ3n) is 2.31. The lowest BCUT2D eigenvalue weighted by Gasteiger charge is -2.28. The van der Waals surface area contributed by atoms with Crippen LogP contribution >= 0.6 is 11.6 Å². The van der Waals surface area contributed by atoms with Crippen LogP contribution in [0.1, 0.15) is 13.3 Å². The van der Waals surface area contributed by atoms with Crippen molar-refractivity contribution in [2.75, 3.05) is 39.9 Å². The van der Waals surface area contributed by atoms with Crippen molar-refractivity contribution in [1.29, 1.82) is 0 Å². The Morgan fingerprint density at radius 1 is 1.33 bits per heavy atom. The Balaban J connectivity index is 4.43. The van der Waals surface area contributed by atoms with Crippen LogP contribution in [0.15, 0.2) is 0 Å². The molecular formula is C11H21ClN2O4. The van der Waals surface area contributed by atoms with Crippen LogP contribution in [-0.2, 0) is 14.3 Å². The molecular weight excluding hydrogens is 260 g/mol. The fourth-order valence-electron chi connectivity index (χ4n) is 1.38. The molecule has 106 valence electrons. The summed E-state index contributed by atoms with van der Waals surface area (Å²) in [6, 6.07) is -0.597. The summed E-state index contributed by atoms with van der Waals surface area (Å²) in [5.41, 5.74) is 0. The number of urea groups is 1. The summed E-state index contributed by atoms with van der Waals surface area (Å²) in [5, 5.41) is 2.28. The van der Waals surface area contributed by atoms with Gasteiger partial charge in [-0.05, 0) is 6.92 Å². The Hall–Kier alpha value is -0.850. The monoisotopic (exact) mass is 280 g/mol. The third kappa shape index (κ3) is 6.78. The molecule has 0 aromatic rings. The number of hydrogen-bond acceptors (Lipinski definition) is 4. The fraction of sp³-hybridized carbons (Fsp3) is 0.818. The lowest BCUT2D eigenvalue weighted by molar-refractivity contribution is -0.119. The first-order valence-corrected chi connectivity index (χ1v) is 6.24. The van der Waals surface area contributed by atoms with E-state index in [2.05, 4.69) is 5.32 Å². The Bertz CT molecular complexity index is 263. The topological polar surface area (TPSA) is 67.9 Å². The minimum absolute atomic E-state index is 0.115. The largest absolute Gasteiger partial charge is 0.383 e. The molecule has 0 heterocycles. The minimum atomic E-state index is -0.452. The number of halogens is 1. The molecule has 0 saturated carbocycles. The molecule has 18 heavy (non-hydrogen) atoms. The molecule has 0 aliphatic rings. The maximum absolute atomic E-state index is 11.9. The highest BCUT2D eigenvalue weighted by Crippen LogP contribution is 2.01. The molecule has 3 amide bonds. The standard InChI is InChI=1S/C11H21ClN2O4/c1-9(8-18-3)14(6-7-17-2)11(16)13-10(15)4-5-12/h9H,4-8H2,1-3H3,(H,13,15,16). The molecule has 1 atom stereocenters. The van der Waals surface area contributed by atoms with E-state index in [0.29, 0.717) is 19.8 Å². The van der Waals surface area contributed by atoms with Gasteiger partial charge in [0.05, 0.1) is 19.3 Å². The summed E-state index contributed by atoms with van der Waals surface area (Å²) in [6.07, 6.45) is 0.115. The zero-order valence-corrected chi connectivity index (χ0v) is 11.8. The first-order chi connectivity index (χ1) is 8.56. The number of carbonyl (C=O) groups is 2. The van der Waals surface area contributed by atoms with Crippen LogP contribution in [0.2, 0.25) is 0 Å². The molecule has 0 bridgehead atoms. The molecule has 0 aliphatic heterocycles. The zero-order chi connectivity index (χ0) is 14.0. The van der Waals surface area contributed by atoms with Gasteiger partial charge in [-0.2, -0.15) is 0 Å². The lowest BCUT2D eigenvalue weighted by atomic mass is 10.3. The first kappa shape index (κ1) is 17.2. The van der Waals surface area contributed by atoms with Gasteiger partial charge in [-0.15, -0.1) is 11.6 Å². The van der Waals surface area contributed by atoms with Crippen molar-refractivity contribution in [2.45, 2.75) is 19.4 Å². The second-order valence-electron chi connectivity index (χ2n) is 3.78. The van der Waals surface area contributed by atoms with Crippen LogP contribution < -0.4 is 5.32 Å². The third-order valence-corrected chi connectivity index (χ3v) is 2.49. The molecule has 0 spiro atoms. The van der Waals surface area contributed by atoms with Crippen molar-refractivity contribution in [1.82, 2.24) is 10.2 Å². The van der Waals surface area contributed by atoms with Gasteiger partial charge < -0.3 is 14.4 Å². The number of methoxy groups -OCH3 is 2. The van der Waals surface area contributed by atoms with Crippen LogP contribution in [-0.4, -0.2) is 62.7 Å². The van der Waals surface area contributed by atoms with Crippen molar-refractivity contribution in [2.24, 2.45) is 0 Å². The van der Waals surface area contributed by atoms with Gasteiger partial charge in [-0.1, -0.05) is 0 Å². The molecule has 0 radical (unpaired) electrons. The number of alkyl halides is 1. The molecule has 0 aliphatic carbocycles. The summed E-state index contributed by atoms with van der Waals surface area (Å²) in [5.74, 6) is -0.202. The van der Waals surface area contributed by atoms with Gasteiger partial charge in [-0.25, -0.2) is 4.79 Å². The summed E-state index contributed by atoms with van der Waals surface area (Å²) in [4.78, 5) is 24.7. The Kier molecular flexibility index (Phi) is 9.63. The van der Waals surface area contributed by atoms with Gasteiger partial charge in [-0.3, -0.25) is 10.1 Å². The number of carbonyl (C=O) groups excluding carboxylic acids is 2. The number of ether oxygens (including phenoxy) is 2. The van der Waals surface area contributed by atoms with Crippen LogP contribution in [0, 0.1) is 0 Å². The van der Waals surface area contributed by atoms with Gasteiger partial charge in [0, 0.05) is 33.1 Å². The second kappa shape index (κ2) is 10.1. The lowest BCUT2D eigenvalue weighted by Crippen LogP contribution is -2.49. The SMILES string of the molecule is COCCN(C(=O)NC(=O)CCCl)C(C)COC. The van der Waals surface area contributed by atoms with E-state index in [1.165, 1.54) is 4.90 Å². The Morgan fingerprint density at radius 2 is 2.00 bits per heavy atom. The number of nitrogens with one attached hydrogen (secondary N) is 1. The van der Waals surface area contributed by atoms with Crippen molar-refractivity contribution < 1.29 is 19.1 Å². The van der Waals surface area contributed by atoms with Gasteiger partial charge in [0.1, 0.15) is 0 Å². The van der Waals surface area contributed by atoms with E-state index < -0.39 is 6.03 Å². The van der Waals surface area contributed by atoms with Crippen LogP contribution in [0.3, 0.4) is 0 Å². The van der Waals surface area contributed by atoms with Gasteiger partial charge in [0.2, 0.25) is 5.91 Å². The van der Waals surface area contributed by atoms with Crippen molar-refractivity contribution in [3.05, 3.63) is 0 Å². The smallest absolute Gasteiger partial charge is 0.324 e. The van der Waals surface area contributed by atoms with Crippen molar-refractivity contribution in [3.8, 4) is 0 Å². The molecule has 0 rings (SSSR count). The maximum atomic E-state index is 11.9. The number of nitrogens with zero attached hydrogens (tertiary/aromatic N) is 1. The van der Waals surface area contributed by atoms with E-state index in [-0.39, 0.29) is 24.2 Å². The molecule has 0 saturated heterocycles. The highest BCUT2D eigenvalue weighted by Gasteiger charge is 2.21.